The molecular formula is C17H27ClN6O3. The number of carbonyl (C=O) groups is 1. The molecule has 1 saturated heterocycles. The topological polar surface area (TPSA) is 108 Å². The van der Waals surface area contributed by atoms with E-state index in [0.717, 1.165) is 30.4 Å². The Morgan fingerprint density at radius 2 is 2.00 bits per heavy atom. The molecule has 2 atom stereocenters. The summed E-state index contributed by atoms with van der Waals surface area (Å²) in [6.07, 6.45) is 4.79. The predicted octanol–water partition coefficient (Wildman–Crippen LogP) is -0.0261. The highest BCUT2D eigenvalue weighted by molar-refractivity contribution is 5.85. The van der Waals surface area contributed by atoms with E-state index in [9.17, 15) is 14.4 Å². The van der Waals surface area contributed by atoms with Crippen LogP contribution in [0, 0.1) is 0 Å². The van der Waals surface area contributed by atoms with Crippen LogP contribution in [0.2, 0.25) is 0 Å². The van der Waals surface area contributed by atoms with Crippen LogP contribution in [0.1, 0.15) is 32.6 Å². The number of halogens is 1. The zero-order chi connectivity index (χ0) is 19.0. The molecule has 9 nitrogen and oxygen atoms in total. The van der Waals surface area contributed by atoms with E-state index in [4.69, 9.17) is 5.73 Å². The third kappa shape index (κ3) is 3.79. The molecule has 0 bridgehead atoms. The van der Waals surface area contributed by atoms with Crippen molar-refractivity contribution in [2.45, 2.75) is 51.2 Å². The monoisotopic (exact) mass is 398 g/mol. The number of amides is 1. The van der Waals surface area contributed by atoms with Gasteiger partial charge in [-0.15, -0.1) is 12.4 Å². The molecule has 27 heavy (non-hydrogen) atoms. The van der Waals surface area contributed by atoms with Gasteiger partial charge >= 0.3 is 5.69 Å². The summed E-state index contributed by atoms with van der Waals surface area (Å²) >= 11 is 0. The number of hydrogen-bond acceptors (Lipinski definition) is 5. The van der Waals surface area contributed by atoms with Crippen LogP contribution in [0.5, 0.6) is 0 Å². The number of hydrogen-bond donors (Lipinski definition) is 1. The van der Waals surface area contributed by atoms with E-state index in [0.29, 0.717) is 17.7 Å². The number of aromatic nitrogens is 4. The van der Waals surface area contributed by atoms with Gasteiger partial charge in [0.05, 0.1) is 6.33 Å². The van der Waals surface area contributed by atoms with Gasteiger partial charge in [-0.1, -0.05) is 0 Å². The molecule has 0 spiro atoms. The van der Waals surface area contributed by atoms with Crippen LogP contribution < -0.4 is 17.0 Å². The van der Waals surface area contributed by atoms with Crippen molar-refractivity contribution in [1.29, 1.82) is 0 Å². The highest BCUT2D eigenvalue weighted by atomic mass is 35.5. The first-order valence-corrected chi connectivity index (χ1v) is 8.98. The molecule has 2 aromatic rings. The Hall–Kier alpha value is -2.13. The first-order valence-electron chi connectivity index (χ1n) is 8.98. The van der Waals surface area contributed by atoms with E-state index in [1.54, 1.807) is 11.6 Å². The molecule has 0 saturated carbocycles. The Morgan fingerprint density at radius 3 is 2.67 bits per heavy atom. The van der Waals surface area contributed by atoms with Crippen LogP contribution in [0.4, 0.5) is 0 Å². The number of imidazole rings is 1. The van der Waals surface area contributed by atoms with Crippen LogP contribution >= 0.6 is 12.4 Å². The highest BCUT2D eigenvalue weighted by Gasteiger charge is 2.29. The summed E-state index contributed by atoms with van der Waals surface area (Å²) in [4.78, 5) is 43.2. The van der Waals surface area contributed by atoms with Gasteiger partial charge in [-0.2, -0.15) is 0 Å². The number of carbonyl (C=O) groups excluding carboxylic acids is 1. The van der Waals surface area contributed by atoms with Gasteiger partial charge in [0.15, 0.2) is 11.2 Å². The number of fused-ring (bicyclic) bond motifs is 1. The average Bonchev–Trinajstić information content (AvgIpc) is 3.06. The second-order valence-corrected chi connectivity index (χ2v) is 7.08. The van der Waals surface area contributed by atoms with Gasteiger partial charge in [0.1, 0.15) is 0 Å². The van der Waals surface area contributed by atoms with Crippen LogP contribution in [0.25, 0.3) is 11.2 Å². The standard InChI is InChI=1S/C17H26N6O3.ClH/c1-11(18)12-6-4-5-8-23(12)13(24)7-9-22-10-19-15-14(22)16(25)21(3)17(26)20(15)2;/h10-12H,4-9,18H2,1-3H3;1H. The molecule has 1 aliphatic rings. The molecule has 0 aliphatic carbocycles. The van der Waals surface area contributed by atoms with E-state index in [1.165, 1.54) is 17.9 Å². The summed E-state index contributed by atoms with van der Waals surface area (Å²) in [6.45, 7) is 3.00. The summed E-state index contributed by atoms with van der Waals surface area (Å²) in [7, 11) is 3.02. The maximum absolute atomic E-state index is 12.7. The van der Waals surface area contributed by atoms with Crippen molar-refractivity contribution in [2.75, 3.05) is 6.54 Å². The molecule has 2 N–H and O–H groups in total. The van der Waals surface area contributed by atoms with Crippen molar-refractivity contribution in [1.82, 2.24) is 23.6 Å². The summed E-state index contributed by atoms with van der Waals surface area (Å²) in [5.41, 5.74) is 5.89. The third-order valence-electron chi connectivity index (χ3n) is 5.26. The van der Waals surface area contributed by atoms with E-state index in [-0.39, 0.29) is 36.8 Å². The maximum Gasteiger partial charge on any atom is 0.332 e. The van der Waals surface area contributed by atoms with Gasteiger partial charge in [-0.3, -0.25) is 18.7 Å². The maximum atomic E-state index is 12.7. The van der Waals surface area contributed by atoms with E-state index in [1.807, 2.05) is 11.8 Å². The van der Waals surface area contributed by atoms with Crippen molar-refractivity contribution >= 4 is 29.5 Å². The lowest BCUT2D eigenvalue weighted by atomic mass is 9.96. The zero-order valence-electron chi connectivity index (χ0n) is 15.9. The van der Waals surface area contributed by atoms with Crippen molar-refractivity contribution in [3.63, 3.8) is 0 Å². The summed E-state index contributed by atoms with van der Waals surface area (Å²) in [5.74, 6) is 0.0375. The van der Waals surface area contributed by atoms with Crippen molar-refractivity contribution in [2.24, 2.45) is 19.8 Å². The van der Waals surface area contributed by atoms with Crippen LogP contribution in [0.15, 0.2) is 15.9 Å². The molecule has 10 heteroatoms. The van der Waals surface area contributed by atoms with Crippen LogP contribution in [0.3, 0.4) is 0 Å². The van der Waals surface area contributed by atoms with Crippen LogP contribution in [-0.4, -0.2) is 48.1 Å². The van der Waals surface area contributed by atoms with Crippen LogP contribution in [-0.2, 0) is 25.4 Å². The molecule has 2 unspecified atom stereocenters. The molecule has 3 heterocycles. The van der Waals surface area contributed by atoms with Gasteiger partial charge in [-0.25, -0.2) is 9.78 Å². The van der Waals surface area contributed by atoms with E-state index < -0.39 is 11.2 Å². The molecule has 1 amide bonds. The fourth-order valence-electron chi connectivity index (χ4n) is 3.74. The van der Waals surface area contributed by atoms with E-state index >= 15 is 0 Å². The predicted molar refractivity (Wildman–Crippen MR) is 105 cm³/mol. The summed E-state index contributed by atoms with van der Waals surface area (Å²) < 4.78 is 4.05. The minimum absolute atomic E-state index is 0. The number of nitrogens with two attached hydrogens (primary N) is 1. The first kappa shape index (κ1) is 21.2. The molecule has 1 fully saturated rings. The number of rotatable bonds is 4. The smallest absolute Gasteiger partial charge is 0.332 e. The van der Waals surface area contributed by atoms with Gasteiger partial charge in [0, 0.05) is 45.7 Å². The quantitative estimate of drug-likeness (QED) is 0.778. The van der Waals surface area contributed by atoms with Gasteiger partial charge in [0.25, 0.3) is 5.56 Å². The molecule has 150 valence electrons. The van der Waals surface area contributed by atoms with Gasteiger partial charge in [-0.05, 0) is 26.2 Å². The van der Waals surface area contributed by atoms with Gasteiger partial charge in [0.2, 0.25) is 5.91 Å². The highest BCUT2D eigenvalue weighted by Crippen LogP contribution is 2.20. The minimum atomic E-state index is -0.420. The van der Waals surface area contributed by atoms with Gasteiger partial charge < -0.3 is 15.2 Å². The Morgan fingerprint density at radius 1 is 1.30 bits per heavy atom. The summed E-state index contributed by atoms with van der Waals surface area (Å²) in [6, 6.07) is 0.0135. The minimum Gasteiger partial charge on any atom is -0.338 e. The number of piperidine rings is 1. The Kier molecular flexibility index (Phi) is 6.48. The Bertz CT molecular complexity index is 945. The molecule has 0 aromatic carbocycles. The fraction of sp³-hybridized carbons (Fsp3) is 0.647. The lowest BCUT2D eigenvalue weighted by Gasteiger charge is -2.38. The normalized spacial score (nSPS) is 18.4. The summed E-state index contributed by atoms with van der Waals surface area (Å²) in [5, 5.41) is 0. The Balaban J connectivity index is 0.00000261. The number of likely N-dealkylation sites (tertiary alicyclic amines) is 1. The zero-order valence-corrected chi connectivity index (χ0v) is 16.7. The molecule has 1 aliphatic heterocycles. The van der Waals surface area contributed by atoms with Crippen molar-refractivity contribution < 1.29 is 4.79 Å². The molecule has 3 rings (SSSR count). The van der Waals surface area contributed by atoms with Crippen molar-refractivity contribution in [3.05, 3.63) is 27.2 Å². The second kappa shape index (κ2) is 8.26. The second-order valence-electron chi connectivity index (χ2n) is 7.08. The molecule has 0 radical (unpaired) electrons. The average molecular weight is 399 g/mol. The largest absolute Gasteiger partial charge is 0.338 e. The van der Waals surface area contributed by atoms with Crippen molar-refractivity contribution in [3.8, 4) is 0 Å². The third-order valence-corrected chi connectivity index (χ3v) is 5.26. The molecular weight excluding hydrogens is 372 g/mol. The SMILES string of the molecule is CC(N)C1CCCCN1C(=O)CCn1cnc2c1c(=O)n(C)c(=O)n2C.Cl. The number of nitrogens with zero attached hydrogens (tertiary/aromatic N) is 5. The fourth-order valence-corrected chi connectivity index (χ4v) is 3.74. The number of aryl methyl sites for hydroxylation is 2. The lowest BCUT2D eigenvalue weighted by Crippen LogP contribution is -2.51. The Labute approximate surface area is 163 Å². The molecule has 2 aromatic heterocycles. The lowest BCUT2D eigenvalue weighted by molar-refractivity contribution is -0.135. The van der Waals surface area contributed by atoms with E-state index in [2.05, 4.69) is 4.98 Å². The first-order chi connectivity index (χ1) is 12.3.